The number of anilines is 1. The van der Waals surface area contributed by atoms with Gasteiger partial charge in [0.05, 0.1) is 17.9 Å². The molecule has 0 bridgehead atoms. The van der Waals surface area contributed by atoms with Crippen molar-refractivity contribution in [2.45, 2.75) is 12.7 Å². The highest BCUT2D eigenvalue weighted by Gasteiger charge is 2.27. The van der Waals surface area contributed by atoms with Gasteiger partial charge in [0.1, 0.15) is 17.9 Å². The van der Waals surface area contributed by atoms with Gasteiger partial charge in [-0.15, -0.1) is 0 Å². The van der Waals surface area contributed by atoms with Gasteiger partial charge in [0.15, 0.2) is 0 Å². The third-order valence-corrected chi connectivity index (χ3v) is 4.64. The van der Waals surface area contributed by atoms with Crippen LogP contribution in [0.15, 0.2) is 67.6 Å². The van der Waals surface area contributed by atoms with Crippen LogP contribution < -0.4 is 15.1 Å². The molecule has 3 aromatic rings. The summed E-state index contributed by atoms with van der Waals surface area (Å²) in [6.07, 6.45) is 1.51. The summed E-state index contributed by atoms with van der Waals surface area (Å²) in [7, 11) is 3.54. The summed E-state index contributed by atoms with van der Waals surface area (Å²) in [5.74, 6) is -0.347. The number of aromatic nitrogens is 2. The van der Waals surface area contributed by atoms with Crippen LogP contribution in [0.25, 0.3) is 5.70 Å². The maximum absolute atomic E-state index is 11.9. The predicted octanol–water partition coefficient (Wildman–Crippen LogP) is 4.09. The van der Waals surface area contributed by atoms with Crippen molar-refractivity contribution >= 4 is 29.1 Å². The van der Waals surface area contributed by atoms with Crippen LogP contribution in [0.5, 0.6) is 5.75 Å². The van der Waals surface area contributed by atoms with Crippen LogP contribution in [0.3, 0.4) is 0 Å². The number of carbonyl (C=O) groups is 1. The van der Waals surface area contributed by atoms with Crippen molar-refractivity contribution in [1.29, 1.82) is 0 Å². The van der Waals surface area contributed by atoms with Crippen molar-refractivity contribution in [1.82, 2.24) is 15.4 Å². The van der Waals surface area contributed by atoms with Crippen molar-refractivity contribution in [3.05, 3.63) is 89.3 Å². The number of hydroxylamine groups is 1. The van der Waals surface area contributed by atoms with Crippen molar-refractivity contribution < 1.29 is 19.5 Å². The second-order valence-corrected chi connectivity index (χ2v) is 7.50. The summed E-state index contributed by atoms with van der Waals surface area (Å²) in [6, 6.07) is 14.2. The Morgan fingerprint density at radius 2 is 2.03 bits per heavy atom. The van der Waals surface area contributed by atoms with Gasteiger partial charge < -0.3 is 14.7 Å². The molecule has 0 aliphatic heterocycles. The fourth-order valence-corrected chi connectivity index (χ4v) is 3.14. The maximum atomic E-state index is 11.9. The lowest BCUT2D eigenvalue weighted by Gasteiger charge is -2.21. The largest absolute Gasteiger partial charge is 0.478 e. The zero-order valence-corrected chi connectivity index (χ0v) is 18.4. The normalized spacial score (nSPS) is 11.5. The number of nitrogens with one attached hydrogen (secondary N) is 1. The summed E-state index contributed by atoms with van der Waals surface area (Å²) in [6.45, 7) is 4.25. The highest BCUT2D eigenvalue weighted by molar-refractivity contribution is 6.30. The Hall–Kier alpha value is -3.62. The molecule has 32 heavy (non-hydrogen) atoms. The summed E-state index contributed by atoms with van der Waals surface area (Å²) < 4.78 is 5.80. The number of benzene rings is 2. The Morgan fingerprint density at radius 1 is 1.25 bits per heavy atom. The first-order chi connectivity index (χ1) is 15.3. The number of carboxylic acid groups (broad SMARTS) is 1. The van der Waals surface area contributed by atoms with E-state index in [0.717, 1.165) is 5.56 Å². The van der Waals surface area contributed by atoms with Crippen LogP contribution in [0, 0.1) is 0 Å². The van der Waals surface area contributed by atoms with E-state index in [9.17, 15) is 9.90 Å². The van der Waals surface area contributed by atoms with Crippen molar-refractivity contribution in [2.75, 3.05) is 19.0 Å². The van der Waals surface area contributed by atoms with Gasteiger partial charge in [-0.25, -0.2) is 14.8 Å². The molecule has 1 atom stereocenters. The van der Waals surface area contributed by atoms with Crippen LogP contribution in [0.4, 0.5) is 5.82 Å². The second-order valence-electron chi connectivity index (χ2n) is 7.06. The average Bonchev–Trinajstić information content (AvgIpc) is 2.77. The Labute approximate surface area is 191 Å². The summed E-state index contributed by atoms with van der Waals surface area (Å²) in [5, 5.41) is 10.4. The minimum Gasteiger partial charge on any atom is -0.478 e. The number of rotatable bonds is 10. The van der Waals surface area contributed by atoms with Crippen LogP contribution in [0.2, 0.25) is 5.02 Å². The zero-order valence-electron chi connectivity index (χ0n) is 17.7. The molecule has 8 nitrogen and oxygen atoms in total. The fourth-order valence-electron chi connectivity index (χ4n) is 2.92. The van der Waals surface area contributed by atoms with Crippen LogP contribution in [-0.4, -0.2) is 35.1 Å². The molecule has 9 heteroatoms. The van der Waals surface area contributed by atoms with Gasteiger partial charge in [0.25, 0.3) is 0 Å². The van der Waals surface area contributed by atoms with E-state index in [1.807, 2.05) is 18.2 Å². The molecule has 2 aromatic carbocycles. The van der Waals surface area contributed by atoms with E-state index in [-0.39, 0.29) is 6.61 Å². The molecule has 0 spiro atoms. The van der Waals surface area contributed by atoms with Gasteiger partial charge in [-0.2, -0.15) is 0 Å². The number of ether oxygens (including phenoxy) is 1. The maximum Gasteiger partial charge on any atom is 0.349 e. The lowest BCUT2D eigenvalue weighted by atomic mass is 10.1. The van der Waals surface area contributed by atoms with Crippen LogP contribution in [-0.2, 0) is 16.2 Å². The first kappa shape index (κ1) is 23.1. The van der Waals surface area contributed by atoms with Crippen LogP contribution in [0.1, 0.15) is 22.8 Å². The van der Waals surface area contributed by atoms with Gasteiger partial charge in [0.2, 0.25) is 6.10 Å². The van der Waals surface area contributed by atoms with Gasteiger partial charge in [-0.3, -0.25) is 10.3 Å². The molecule has 1 heterocycles. The standard InChI is InChI=1S/C23H23ClN4O4/c1-15(27-31-13-16-6-4-8-18(24)10-16)17-7-5-9-19(11-17)32-21(23(29)30)20-12-25-14-26-22(20)28(2)3/h4-12,14,21,27H,1,13H2,2-3H3,(H,29,30). The fraction of sp³-hybridized carbons (Fsp3) is 0.174. The third-order valence-electron chi connectivity index (χ3n) is 4.41. The molecule has 1 aromatic heterocycles. The molecule has 0 fully saturated rings. The third kappa shape index (κ3) is 5.96. The van der Waals surface area contributed by atoms with E-state index in [2.05, 4.69) is 22.0 Å². The molecule has 0 amide bonds. The molecule has 1 unspecified atom stereocenters. The Balaban J connectivity index is 1.70. The predicted molar refractivity (Wildman–Crippen MR) is 122 cm³/mol. The van der Waals surface area contributed by atoms with E-state index < -0.39 is 12.1 Å². The average molecular weight is 455 g/mol. The zero-order chi connectivity index (χ0) is 23.1. The van der Waals surface area contributed by atoms with E-state index in [0.29, 0.717) is 33.4 Å². The molecule has 3 rings (SSSR count). The molecule has 0 saturated carbocycles. The van der Waals surface area contributed by atoms with E-state index in [4.69, 9.17) is 21.2 Å². The highest BCUT2D eigenvalue weighted by Crippen LogP contribution is 2.28. The smallest absolute Gasteiger partial charge is 0.349 e. The lowest BCUT2D eigenvalue weighted by molar-refractivity contribution is -0.145. The minimum atomic E-state index is -1.29. The first-order valence-corrected chi connectivity index (χ1v) is 10.0. The number of halogens is 1. The van der Waals surface area contributed by atoms with E-state index >= 15 is 0 Å². The van der Waals surface area contributed by atoms with Gasteiger partial charge in [-0.05, 0) is 29.8 Å². The molecule has 2 N–H and O–H groups in total. The van der Waals surface area contributed by atoms with E-state index in [1.165, 1.54) is 12.5 Å². The molecule has 0 saturated heterocycles. The van der Waals surface area contributed by atoms with Crippen molar-refractivity contribution in [3.63, 3.8) is 0 Å². The highest BCUT2D eigenvalue weighted by atomic mass is 35.5. The summed E-state index contributed by atoms with van der Waals surface area (Å²) in [5.41, 5.74) is 5.20. The first-order valence-electron chi connectivity index (χ1n) is 9.63. The number of aliphatic carboxylic acids is 1. The molecular weight excluding hydrogens is 432 g/mol. The van der Waals surface area contributed by atoms with E-state index in [1.54, 1.807) is 49.3 Å². The van der Waals surface area contributed by atoms with Crippen molar-refractivity contribution in [3.8, 4) is 5.75 Å². The van der Waals surface area contributed by atoms with Gasteiger partial charge in [-0.1, -0.05) is 42.4 Å². The van der Waals surface area contributed by atoms with Crippen molar-refractivity contribution in [2.24, 2.45) is 0 Å². The molecule has 166 valence electrons. The topological polar surface area (TPSA) is 96.8 Å². The monoisotopic (exact) mass is 454 g/mol. The molecule has 0 aliphatic rings. The molecular formula is C23H23ClN4O4. The minimum absolute atomic E-state index is 0.290. The Kier molecular flexibility index (Phi) is 7.64. The summed E-state index contributed by atoms with van der Waals surface area (Å²) >= 11 is 5.97. The van der Waals surface area contributed by atoms with Gasteiger partial charge >= 0.3 is 5.97 Å². The second kappa shape index (κ2) is 10.6. The Bertz CT molecular complexity index is 1110. The molecule has 0 radical (unpaired) electrons. The molecule has 0 aliphatic carbocycles. The number of carboxylic acids is 1. The van der Waals surface area contributed by atoms with Crippen LogP contribution >= 0.6 is 11.6 Å². The van der Waals surface area contributed by atoms with Gasteiger partial charge in [0, 0.05) is 30.9 Å². The lowest BCUT2D eigenvalue weighted by Crippen LogP contribution is -2.23. The number of hydrogen-bond donors (Lipinski definition) is 2. The quantitative estimate of drug-likeness (QED) is 0.442. The summed E-state index contributed by atoms with van der Waals surface area (Å²) in [4.78, 5) is 27.2. The number of hydrogen-bond acceptors (Lipinski definition) is 7. The number of nitrogens with zero attached hydrogens (tertiary/aromatic N) is 3. The Morgan fingerprint density at radius 3 is 2.75 bits per heavy atom. The SMILES string of the molecule is C=C(NOCc1cccc(Cl)c1)c1cccc(OC(C(=O)O)c2cncnc2N(C)C)c1.